The van der Waals surface area contributed by atoms with Crippen LogP contribution in [0, 0.1) is 0 Å². The molecular weight excluding hydrogens is 261 g/mol. The maximum absolute atomic E-state index is 12.0. The van der Waals surface area contributed by atoms with E-state index in [1.807, 2.05) is 0 Å². The number of benzene rings is 1. The van der Waals surface area contributed by atoms with Gasteiger partial charge >= 0.3 is 6.18 Å². The van der Waals surface area contributed by atoms with Gasteiger partial charge in [0.25, 0.3) is 0 Å². The lowest BCUT2D eigenvalue weighted by Gasteiger charge is -2.16. The van der Waals surface area contributed by atoms with Crippen molar-refractivity contribution in [3.05, 3.63) is 24.3 Å². The number of primary amides is 1. The van der Waals surface area contributed by atoms with Crippen LogP contribution in [0.15, 0.2) is 24.3 Å². The number of anilines is 1. The normalized spacial score (nSPS) is 12.8. The van der Waals surface area contributed by atoms with Crippen LogP contribution in [0.3, 0.4) is 0 Å². The van der Waals surface area contributed by atoms with Crippen LogP contribution in [0.1, 0.15) is 13.3 Å². The quantitative estimate of drug-likeness (QED) is 0.838. The lowest BCUT2D eigenvalue weighted by atomic mass is 10.2. The third-order valence-corrected chi connectivity index (χ3v) is 2.33. The van der Waals surface area contributed by atoms with Crippen molar-refractivity contribution in [1.29, 1.82) is 0 Å². The van der Waals surface area contributed by atoms with Gasteiger partial charge < -0.3 is 15.8 Å². The van der Waals surface area contributed by atoms with Gasteiger partial charge in [-0.3, -0.25) is 4.79 Å². The van der Waals surface area contributed by atoms with E-state index < -0.39 is 24.7 Å². The van der Waals surface area contributed by atoms with Crippen LogP contribution < -0.4 is 15.8 Å². The zero-order valence-electron chi connectivity index (χ0n) is 10.3. The molecule has 0 radical (unpaired) electrons. The zero-order valence-corrected chi connectivity index (χ0v) is 10.3. The Hall–Kier alpha value is -1.92. The van der Waals surface area contributed by atoms with E-state index in [0.29, 0.717) is 12.1 Å². The van der Waals surface area contributed by atoms with Crippen LogP contribution in [0.4, 0.5) is 18.9 Å². The first-order valence-electron chi connectivity index (χ1n) is 5.67. The number of nitrogens with one attached hydrogen (secondary N) is 1. The van der Waals surface area contributed by atoms with E-state index in [2.05, 4.69) is 10.1 Å². The Bertz CT molecular complexity index is 435. The van der Waals surface area contributed by atoms with E-state index in [9.17, 15) is 18.0 Å². The van der Waals surface area contributed by atoms with E-state index in [-0.39, 0.29) is 5.75 Å². The maximum Gasteiger partial charge on any atom is 0.422 e. The Labute approximate surface area is 108 Å². The van der Waals surface area contributed by atoms with Gasteiger partial charge in [-0.25, -0.2) is 0 Å². The molecule has 1 aromatic carbocycles. The molecule has 0 saturated heterocycles. The second kappa shape index (κ2) is 6.31. The number of rotatable bonds is 6. The van der Waals surface area contributed by atoms with Crippen molar-refractivity contribution in [1.82, 2.24) is 0 Å². The molecule has 4 nitrogen and oxygen atoms in total. The fraction of sp³-hybridized carbons (Fsp3) is 0.417. The average Bonchev–Trinajstić information content (AvgIpc) is 2.33. The molecule has 0 aliphatic carbocycles. The van der Waals surface area contributed by atoms with Crippen LogP contribution in [-0.4, -0.2) is 24.7 Å². The third-order valence-electron chi connectivity index (χ3n) is 2.33. The minimum Gasteiger partial charge on any atom is -0.484 e. The number of halogens is 3. The summed E-state index contributed by atoms with van der Waals surface area (Å²) in [5.74, 6) is -0.453. The molecule has 0 spiro atoms. The summed E-state index contributed by atoms with van der Waals surface area (Å²) in [5.41, 5.74) is 5.64. The van der Waals surface area contributed by atoms with Gasteiger partial charge in [0.05, 0.1) is 0 Å². The molecule has 106 valence electrons. The van der Waals surface area contributed by atoms with Crippen LogP contribution >= 0.6 is 0 Å². The molecule has 1 atom stereocenters. The largest absolute Gasteiger partial charge is 0.484 e. The van der Waals surface area contributed by atoms with E-state index in [1.54, 1.807) is 13.0 Å². The molecule has 0 saturated carbocycles. The van der Waals surface area contributed by atoms with Gasteiger partial charge in [0.2, 0.25) is 5.91 Å². The Morgan fingerprint density at radius 3 is 2.68 bits per heavy atom. The van der Waals surface area contributed by atoms with Crippen LogP contribution in [0.5, 0.6) is 5.75 Å². The molecule has 0 bridgehead atoms. The fourth-order valence-electron chi connectivity index (χ4n) is 1.42. The monoisotopic (exact) mass is 276 g/mol. The second-order valence-corrected chi connectivity index (χ2v) is 3.94. The Balaban J connectivity index is 2.69. The SMILES string of the molecule is CCC(Nc1cccc(OCC(F)(F)F)c1)C(N)=O. The van der Waals surface area contributed by atoms with Gasteiger partial charge in [-0.1, -0.05) is 13.0 Å². The molecule has 0 aromatic heterocycles. The molecule has 1 unspecified atom stereocenters. The predicted octanol–water partition coefficient (Wildman–Crippen LogP) is 2.30. The van der Waals surface area contributed by atoms with Gasteiger partial charge in [-0.05, 0) is 18.6 Å². The number of hydrogen-bond donors (Lipinski definition) is 2. The van der Waals surface area contributed by atoms with Crippen molar-refractivity contribution in [3.8, 4) is 5.75 Å². The molecule has 0 heterocycles. The highest BCUT2D eigenvalue weighted by atomic mass is 19.4. The molecule has 1 amide bonds. The molecular formula is C12H15F3N2O2. The highest BCUT2D eigenvalue weighted by Gasteiger charge is 2.28. The maximum atomic E-state index is 12.0. The lowest BCUT2D eigenvalue weighted by molar-refractivity contribution is -0.153. The van der Waals surface area contributed by atoms with Gasteiger partial charge in [-0.15, -0.1) is 0 Å². The summed E-state index contributed by atoms with van der Waals surface area (Å²) in [7, 11) is 0. The highest BCUT2D eigenvalue weighted by molar-refractivity contribution is 5.82. The highest BCUT2D eigenvalue weighted by Crippen LogP contribution is 2.21. The molecule has 0 aliphatic rings. The van der Waals surface area contributed by atoms with Crippen molar-refractivity contribution in [2.24, 2.45) is 5.73 Å². The minimum absolute atomic E-state index is 0.0710. The number of carbonyl (C=O) groups excluding carboxylic acids is 1. The van der Waals surface area contributed by atoms with Crippen LogP contribution in [0.25, 0.3) is 0 Å². The standard InChI is InChI=1S/C12H15F3N2O2/c1-2-10(11(16)18)17-8-4-3-5-9(6-8)19-7-12(13,14)15/h3-6,10,17H,2,7H2,1H3,(H2,16,18). The molecule has 3 N–H and O–H groups in total. The van der Waals surface area contributed by atoms with E-state index in [0.717, 1.165) is 0 Å². The van der Waals surface area contributed by atoms with Crippen molar-refractivity contribution in [3.63, 3.8) is 0 Å². The van der Waals surface area contributed by atoms with Gasteiger partial charge in [0, 0.05) is 11.8 Å². The van der Waals surface area contributed by atoms with E-state index in [1.165, 1.54) is 18.2 Å². The smallest absolute Gasteiger partial charge is 0.422 e. The summed E-state index contributed by atoms with van der Waals surface area (Å²) in [6.07, 6.45) is -3.91. The summed E-state index contributed by atoms with van der Waals surface area (Å²) >= 11 is 0. The van der Waals surface area contributed by atoms with Crippen LogP contribution in [0.2, 0.25) is 0 Å². The molecule has 0 fully saturated rings. The predicted molar refractivity (Wildman–Crippen MR) is 64.9 cm³/mol. The van der Waals surface area contributed by atoms with Crippen molar-refractivity contribution in [2.75, 3.05) is 11.9 Å². The van der Waals surface area contributed by atoms with Crippen molar-refractivity contribution >= 4 is 11.6 Å². The number of ether oxygens (including phenoxy) is 1. The zero-order chi connectivity index (χ0) is 14.5. The summed E-state index contributed by atoms with van der Waals surface area (Å²) in [4.78, 5) is 11.1. The summed E-state index contributed by atoms with van der Waals surface area (Å²) in [6.45, 7) is 0.413. The first kappa shape index (κ1) is 15.1. The number of amides is 1. The summed E-state index contributed by atoms with van der Waals surface area (Å²) in [5, 5.41) is 2.83. The number of hydrogen-bond acceptors (Lipinski definition) is 3. The van der Waals surface area contributed by atoms with Gasteiger partial charge in [0.1, 0.15) is 11.8 Å². The first-order valence-corrected chi connectivity index (χ1v) is 5.67. The summed E-state index contributed by atoms with van der Waals surface area (Å²) in [6, 6.07) is 5.37. The van der Waals surface area contributed by atoms with E-state index in [4.69, 9.17) is 5.73 Å². The number of carbonyl (C=O) groups is 1. The molecule has 7 heteroatoms. The molecule has 1 aromatic rings. The Morgan fingerprint density at radius 1 is 1.47 bits per heavy atom. The second-order valence-electron chi connectivity index (χ2n) is 3.94. The average molecular weight is 276 g/mol. The van der Waals surface area contributed by atoms with Gasteiger partial charge in [-0.2, -0.15) is 13.2 Å². The van der Waals surface area contributed by atoms with E-state index >= 15 is 0 Å². The van der Waals surface area contributed by atoms with Crippen LogP contribution in [-0.2, 0) is 4.79 Å². The molecule has 0 aliphatic heterocycles. The van der Waals surface area contributed by atoms with Gasteiger partial charge in [0.15, 0.2) is 6.61 Å². The first-order chi connectivity index (χ1) is 8.81. The van der Waals surface area contributed by atoms with Crippen molar-refractivity contribution in [2.45, 2.75) is 25.6 Å². The number of nitrogens with two attached hydrogens (primary N) is 1. The number of alkyl halides is 3. The molecule has 1 rings (SSSR count). The Kier molecular flexibility index (Phi) is 5.02. The summed E-state index contributed by atoms with van der Waals surface area (Å²) < 4.78 is 40.6. The Morgan fingerprint density at radius 2 is 2.16 bits per heavy atom. The van der Waals surface area contributed by atoms with Crippen molar-refractivity contribution < 1.29 is 22.7 Å². The lowest BCUT2D eigenvalue weighted by Crippen LogP contribution is -2.34. The molecule has 19 heavy (non-hydrogen) atoms. The third kappa shape index (κ3) is 5.50. The minimum atomic E-state index is -4.39. The topological polar surface area (TPSA) is 64.3 Å². The fourth-order valence-corrected chi connectivity index (χ4v) is 1.42.